The first-order chi connectivity index (χ1) is 19.7. The first-order valence-electron chi connectivity index (χ1n) is 14.1. The monoisotopic (exact) mass is 563 g/mol. The van der Waals surface area contributed by atoms with Gasteiger partial charge in [0.2, 0.25) is 5.91 Å². The molecule has 3 aromatic rings. The molecule has 41 heavy (non-hydrogen) atoms. The Bertz CT molecular complexity index is 1300. The van der Waals surface area contributed by atoms with Gasteiger partial charge in [0.25, 0.3) is 5.91 Å². The van der Waals surface area contributed by atoms with Crippen LogP contribution in [0.15, 0.2) is 54.7 Å². The molecule has 3 atom stereocenters. The Morgan fingerprint density at radius 3 is 2.73 bits per heavy atom. The molecule has 1 aliphatic heterocycles. The van der Waals surface area contributed by atoms with E-state index in [9.17, 15) is 14.7 Å². The summed E-state index contributed by atoms with van der Waals surface area (Å²) in [5.74, 6) is -0.200. The quantitative estimate of drug-likeness (QED) is 0.356. The van der Waals surface area contributed by atoms with Crippen LogP contribution in [0.4, 0.5) is 11.4 Å². The molecule has 0 unspecified atom stereocenters. The van der Waals surface area contributed by atoms with Crippen molar-refractivity contribution in [2.45, 2.75) is 58.5 Å². The molecule has 0 saturated carbocycles. The van der Waals surface area contributed by atoms with Gasteiger partial charge in [0.15, 0.2) is 0 Å². The Morgan fingerprint density at radius 1 is 1.24 bits per heavy atom. The number of amides is 2. The zero-order valence-electron chi connectivity index (χ0n) is 24.1. The van der Waals surface area contributed by atoms with Crippen molar-refractivity contribution in [3.63, 3.8) is 0 Å². The van der Waals surface area contributed by atoms with Crippen LogP contribution >= 0.6 is 0 Å². The predicted octanol–water partition coefficient (Wildman–Crippen LogP) is 2.77. The second-order valence-electron chi connectivity index (χ2n) is 10.9. The number of rotatable bonds is 8. The number of carbonyl (C=O) groups is 2. The molecule has 2 bridgehead atoms. The van der Waals surface area contributed by atoms with Crippen molar-refractivity contribution in [1.29, 1.82) is 0 Å². The van der Waals surface area contributed by atoms with Crippen molar-refractivity contribution in [3.8, 4) is 0 Å². The number of nitrogens with two attached hydrogens (primary N) is 1. The smallest absolute Gasteiger partial charge is 0.255 e. The van der Waals surface area contributed by atoms with Gasteiger partial charge >= 0.3 is 0 Å². The van der Waals surface area contributed by atoms with Crippen LogP contribution in [0, 0.1) is 5.92 Å². The third-order valence-corrected chi connectivity index (χ3v) is 7.41. The van der Waals surface area contributed by atoms with Gasteiger partial charge in [0.1, 0.15) is 5.69 Å². The maximum atomic E-state index is 13.1. The van der Waals surface area contributed by atoms with Gasteiger partial charge in [0.05, 0.1) is 42.9 Å². The van der Waals surface area contributed by atoms with E-state index in [0.717, 1.165) is 11.3 Å². The Balaban J connectivity index is 1.42. The molecule has 0 radical (unpaired) electrons. The van der Waals surface area contributed by atoms with Crippen LogP contribution in [-0.4, -0.2) is 80.6 Å². The minimum absolute atomic E-state index is 0.00249. The average molecular weight is 564 g/mol. The van der Waals surface area contributed by atoms with Gasteiger partial charge in [-0.2, -0.15) is 0 Å². The van der Waals surface area contributed by atoms with E-state index in [1.807, 2.05) is 44.4 Å². The van der Waals surface area contributed by atoms with Crippen LogP contribution in [-0.2, 0) is 29.2 Å². The number of fused-ring (bicyclic) bond motifs is 2. The number of anilines is 2. The predicted molar refractivity (Wildman–Crippen MR) is 157 cm³/mol. The van der Waals surface area contributed by atoms with Crippen LogP contribution in [0.2, 0.25) is 0 Å². The maximum Gasteiger partial charge on any atom is 0.255 e. The molecule has 11 nitrogen and oxygen atoms in total. The standard InChI is InChI=1S/C30H41N7O4/c1-21-15-37(22(2)19-38)29(39)9-6-14-36-17-25(33-34-36)20-41-28(21)18-35(3)16-23-10-12-24(13-11-23)30(40)32-27-8-5-4-7-26(27)31/h4-5,7-8,10-13,17,21-22,28,38H,6,9,14-16,18-20,31H2,1-3H3,(H,32,40)/t21-,22-,28-/m0/s1. The van der Waals surface area contributed by atoms with Crippen LogP contribution in [0.5, 0.6) is 0 Å². The summed E-state index contributed by atoms with van der Waals surface area (Å²) in [6.07, 6.45) is 2.70. The first-order valence-corrected chi connectivity index (χ1v) is 14.1. The Labute approximate surface area is 241 Å². The average Bonchev–Trinajstić information content (AvgIpc) is 3.42. The van der Waals surface area contributed by atoms with Gasteiger partial charge in [0, 0.05) is 44.1 Å². The second-order valence-corrected chi connectivity index (χ2v) is 10.9. The molecule has 1 aliphatic rings. The third kappa shape index (κ3) is 8.35. The number of nitrogens with one attached hydrogen (secondary N) is 1. The Morgan fingerprint density at radius 2 is 2.00 bits per heavy atom. The summed E-state index contributed by atoms with van der Waals surface area (Å²) >= 11 is 0. The molecule has 0 aliphatic carbocycles. The number of para-hydroxylation sites is 2. The molecule has 220 valence electrons. The maximum absolute atomic E-state index is 13.1. The van der Waals surface area contributed by atoms with Crippen molar-refractivity contribution in [3.05, 3.63) is 71.5 Å². The van der Waals surface area contributed by atoms with Gasteiger partial charge in [-0.05, 0) is 50.2 Å². The number of nitrogens with zero attached hydrogens (tertiary/aromatic N) is 5. The molecule has 2 aromatic carbocycles. The molecule has 11 heteroatoms. The summed E-state index contributed by atoms with van der Waals surface area (Å²) in [6, 6.07) is 14.4. The lowest BCUT2D eigenvalue weighted by Gasteiger charge is -2.35. The molecule has 2 heterocycles. The van der Waals surface area contributed by atoms with Crippen LogP contribution < -0.4 is 11.1 Å². The number of aryl methyl sites for hydroxylation is 1. The van der Waals surface area contributed by atoms with Gasteiger partial charge in [-0.3, -0.25) is 19.2 Å². The van der Waals surface area contributed by atoms with Gasteiger partial charge in [-0.15, -0.1) is 5.10 Å². The molecule has 0 saturated heterocycles. The van der Waals surface area contributed by atoms with E-state index >= 15 is 0 Å². The lowest BCUT2D eigenvalue weighted by atomic mass is 10.0. The number of likely N-dealkylation sites (N-methyl/N-ethyl adjacent to an activating group) is 1. The SMILES string of the molecule is C[C@H]1CN([C@@H](C)CO)C(=O)CCCn2cc(nn2)CO[C@H]1CN(C)Cc1ccc(C(=O)Nc2ccccc2N)cc1. The van der Waals surface area contributed by atoms with E-state index < -0.39 is 0 Å². The van der Waals surface area contributed by atoms with Crippen LogP contribution in [0.3, 0.4) is 0 Å². The van der Waals surface area contributed by atoms with Crippen molar-refractivity contribution in [1.82, 2.24) is 24.8 Å². The molecule has 1 aromatic heterocycles. The van der Waals surface area contributed by atoms with Crippen molar-refractivity contribution in [2.24, 2.45) is 5.92 Å². The number of carbonyl (C=O) groups excluding carboxylic acids is 2. The number of hydrogen-bond acceptors (Lipinski definition) is 8. The number of ether oxygens (including phenoxy) is 1. The zero-order chi connectivity index (χ0) is 29.4. The third-order valence-electron chi connectivity index (χ3n) is 7.41. The number of benzene rings is 2. The van der Waals surface area contributed by atoms with Crippen LogP contribution in [0.25, 0.3) is 0 Å². The summed E-state index contributed by atoms with van der Waals surface area (Å²) in [5.41, 5.74) is 9.39. The van der Waals surface area contributed by atoms with E-state index in [0.29, 0.717) is 62.6 Å². The van der Waals surface area contributed by atoms with Gasteiger partial charge < -0.3 is 25.8 Å². The first kappa shape index (κ1) is 30.2. The summed E-state index contributed by atoms with van der Waals surface area (Å²) in [6.45, 7) is 6.51. The number of aliphatic hydroxyl groups is 1. The summed E-state index contributed by atoms with van der Waals surface area (Å²) < 4.78 is 8.11. The number of aliphatic hydroxyl groups excluding tert-OH is 1. The summed E-state index contributed by atoms with van der Waals surface area (Å²) in [7, 11) is 2.02. The highest BCUT2D eigenvalue weighted by Crippen LogP contribution is 2.20. The number of nitrogen functional groups attached to an aromatic ring is 1. The van der Waals surface area contributed by atoms with Crippen LogP contribution in [0.1, 0.15) is 48.3 Å². The fourth-order valence-electron chi connectivity index (χ4n) is 4.94. The fourth-order valence-corrected chi connectivity index (χ4v) is 4.94. The van der Waals surface area contributed by atoms with Crippen molar-refractivity contribution >= 4 is 23.2 Å². The molecule has 4 N–H and O–H groups in total. The van der Waals surface area contributed by atoms with E-state index in [1.165, 1.54) is 0 Å². The Hall–Kier alpha value is -3.80. The van der Waals surface area contributed by atoms with Crippen molar-refractivity contribution < 1.29 is 19.4 Å². The molecule has 0 spiro atoms. The largest absolute Gasteiger partial charge is 0.397 e. The highest BCUT2D eigenvalue weighted by atomic mass is 16.5. The van der Waals surface area contributed by atoms with E-state index in [2.05, 4.69) is 27.5 Å². The highest BCUT2D eigenvalue weighted by molar-refractivity contribution is 6.05. The highest BCUT2D eigenvalue weighted by Gasteiger charge is 2.28. The Kier molecular flexibility index (Phi) is 10.4. The van der Waals surface area contributed by atoms with Crippen molar-refractivity contribution in [2.75, 3.05) is 37.8 Å². The zero-order valence-corrected chi connectivity index (χ0v) is 24.1. The molecular weight excluding hydrogens is 522 g/mol. The molecular formula is C30H41N7O4. The normalized spacial score (nSPS) is 19.2. The summed E-state index contributed by atoms with van der Waals surface area (Å²) in [5, 5.41) is 21.1. The van der Waals surface area contributed by atoms with Gasteiger partial charge in [-0.25, -0.2) is 0 Å². The topological polar surface area (TPSA) is 139 Å². The summed E-state index contributed by atoms with van der Waals surface area (Å²) in [4.78, 5) is 29.7. The van der Waals surface area contributed by atoms with E-state index in [4.69, 9.17) is 10.5 Å². The minimum Gasteiger partial charge on any atom is -0.397 e. The molecule has 0 fully saturated rings. The van der Waals surface area contributed by atoms with Gasteiger partial charge in [-0.1, -0.05) is 36.4 Å². The number of aromatic nitrogens is 3. The molecule has 4 rings (SSSR count). The van der Waals surface area contributed by atoms with E-state index in [-0.39, 0.29) is 36.5 Å². The van der Waals surface area contributed by atoms with E-state index in [1.54, 1.807) is 33.8 Å². The minimum atomic E-state index is -0.278. The number of hydrogen-bond donors (Lipinski definition) is 3. The lowest BCUT2D eigenvalue weighted by molar-refractivity contribution is -0.136. The molecule has 2 amide bonds. The lowest BCUT2D eigenvalue weighted by Crippen LogP contribution is -2.47. The second kappa shape index (κ2) is 14.2. The fraction of sp³-hybridized carbons (Fsp3) is 0.467.